The number of aliphatic hydroxyl groups excluding tert-OH is 1. The van der Waals surface area contributed by atoms with E-state index in [1.807, 2.05) is 5.01 Å². The van der Waals surface area contributed by atoms with Crippen LogP contribution in [0, 0.1) is 0 Å². The summed E-state index contributed by atoms with van der Waals surface area (Å²) in [6, 6.07) is 11.9. The van der Waals surface area contributed by atoms with E-state index < -0.39 is 0 Å². The summed E-state index contributed by atoms with van der Waals surface area (Å²) in [6.07, 6.45) is 3.20. The molecule has 0 saturated carbocycles. The molecule has 1 atom stereocenters. The van der Waals surface area contributed by atoms with Crippen LogP contribution in [0.1, 0.15) is 71.6 Å². The van der Waals surface area contributed by atoms with Gasteiger partial charge in [-0.2, -0.15) is 0 Å². The van der Waals surface area contributed by atoms with Crippen molar-refractivity contribution in [3.8, 4) is 0 Å². The standard InChI is InChI=1S/C26H37N3O/c1-18(2)24-14-22-6-8-28(10-11-30)17-26(22)25(15-24)12-19(3)20-4-5-23-16-29(27)9-7-21(23)13-20/h4-5,13-15,18-19,30H,6-12,16-17,27H2,1-3H3. The molecule has 4 rings (SSSR count). The van der Waals surface area contributed by atoms with Crippen LogP contribution in [0.2, 0.25) is 0 Å². The van der Waals surface area contributed by atoms with Gasteiger partial charge in [-0.25, -0.2) is 5.01 Å². The molecule has 4 nitrogen and oxygen atoms in total. The van der Waals surface area contributed by atoms with Crippen LogP contribution in [-0.4, -0.2) is 41.3 Å². The molecule has 3 N–H and O–H groups in total. The first-order valence-electron chi connectivity index (χ1n) is 11.5. The van der Waals surface area contributed by atoms with E-state index in [1.165, 1.54) is 38.9 Å². The fourth-order valence-corrected chi connectivity index (χ4v) is 5.03. The van der Waals surface area contributed by atoms with Gasteiger partial charge in [0.2, 0.25) is 0 Å². The van der Waals surface area contributed by atoms with Gasteiger partial charge in [0.1, 0.15) is 0 Å². The topological polar surface area (TPSA) is 52.7 Å². The Bertz CT molecular complexity index is 892. The molecule has 0 saturated heterocycles. The summed E-state index contributed by atoms with van der Waals surface area (Å²) in [6.45, 7) is 11.8. The first-order valence-corrected chi connectivity index (χ1v) is 11.5. The maximum absolute atomic E-state index is 9.41. The van der Waals surface area contributed by atoms with Crippen molar-refractivity contribution in [2.24, 2.45) is 5.84 Å². The average Bonchev–Trinajstić information content (AvgIpc) is 2.73. The number of rotatable bonds is 6. The molecule has 0 radical (unpaired) electrons. The summed E-state index contributed by atoms with van der Waals surface area (Å²) < 4.78 is 0. The highest BCUT2D eigenvalue weighted by Crippen LogP contribution is 2.32. The SMILES string of the molecule is CC(C)c1cc2c(c(CC(C)c3ccc4c(c3)CCN(N)C4)c1)CN(CCO)CC2. The molecule has 0 spiro atoms. The number of β-amino-alcohol motifs (C(OH)–C–C–N with tert-alkyl or cyclic N) is 1. The fraction of sp³-hybridized carbons (Fsp3) is 0.538. The Hall–Kier alpha value is -1.72. The van der Waals surface area contributed by atoms with Gasteiger partial charge in [0, 0.05) is 32.7 Å². The Labute approximate surface area is 181 Å². The van der Waals surface area contributed by atoms with Crippen LogP contribution >= 0.6 is 0 Å². The van der Waals surface area contributed by atoms with Crippen LogP contribution in [0.3, 0.4) is 0 Å². The van der Waals surface area contributed by atoms with Crippen molar-refractivity contribution >= 4 is 0 Å². The first-order chi connectivity index (χ1) is 14.4. The molecule has 2 aliphatic rings. The predicted molar refractivity (Wildman–Crippen MR) is 123 cm³/mol. The third-order valence-corrected chi connectivity index (χ3v) is 6.99. The zero-order valence-corrected chi connectivity index (χ0v) is 18.8. The number of benzene rings is 2. The molecule has 2 aliphatic heterocycles. The molecule has 0 aliphatic carbocycles. The lowest BCUT2D eigenvalue weighted by atomic mass is 9.83. The molecular weight excluding hydrogens is 370 g/mol. The highest BCUT2D eigenvalue weighted by Gasteiger charge is 2.22. The Morgan fingerprint density at radius 2 is 1.70 bits per heavy atom. The molecule has 0 aromatic heterocycles. The minimum absolute atomic E-state index is 0.237. The Balaban J connectivity index is 1.61. The second-order valence-corrected chi connectivity index (χ2v) is 9.58. The molecule has 2 heterocycles. The number of fused-ring (bicyclic) bond motifs is 2. The number of nitrogens with zero attached hydrogens (tertiary/aromatic N) is 2. The summed E-state index contributed by atoms with van der Waals surface area (Å²) in [4.78, 5) is 2.39. The zero-order chi connectivity index (χ0) is 21.3. The lowest BCUT2D eigenvalue weighted by Crippen LogP contribution is -2.36. The van der Waals surface area contributed by atoms with E-state index in [9.17, 15) is 5.11 Å². The minimum Gasteiger partial charge on any atom is -0.395 e. The molecular formula is C26H37N3O. The summed E-state index contributed by atoms with van der Waals surface area (Å²) >= 11 is 0. The fourth-order valence-electron chi connectivity index (χ4n) is 5.03. The monoisotopic (exact) mass is 407 g/mol. The van der Waals surface area contributed by atoms with E-state index >= 15 is 0 Å². The van der Waals surface area contributed by atoms with Gasteiger partial charge < -0.3 is 5.11 Å². The van der Waals surface area contributed by atoms with Crippen LogP contribution < -0.4 is 5.84 Å². The third-order valence-electron chi connectivity index (χ3n) is 6.99. The van der Waals surface area contributed by atoms with Gasteiger partial charge in [0.15, 0.2) is 0 Å². The van der Waals surface area contributed by atoms with Crippen LogP contribution in [-0.2, 0) is 32.4 Å². The van der Waals surface area contributed by atoms with E-state index in [0.717, 1.165) is 52.0 Å². The average molecular weight is 408 g/mol. The molecule has 2 aromatic rings. The number of hydrogen-bond acceptors (Lipinski definition) is 4. The van der Waals surface area contributed by atoms with E-state index in [0.29, 0.717) is 11.8 Å². The lowest BCUT2D eigenvalue weighted by molar-refractivity contribution is 0.184. The number of nitrogens with two attached hydrogens (primary N) is 1. The van der Waals surface area contributed by atoms with Crippen molar-refractivity contribution in [1.29, 1.82) is 0 Å². The van der Waals surface area contributed by atoms with E-state index in [4.69, 9.17) is 5.84 Å². The van der Waals surface area contributed by atoms with Crippen molar-refractivity contribution in [2.75, 3.05) is 26.2 Å². The molecule has 1 unspecified atom stereocenters. The van der Waals surface area contributed by atoms with Crippen molar-refractivity contribution in [3.05, 3.63) is 69.3 Å². The molecule has 30 heavy (non-hydrogen) atoms. The van der Waals surface area contributed by atoms with Crippen LogP contribution in [0.15, 0.2) is 30.3 Å². The smallest absolute Gasteiger partial charge is 0.0558 e. The summed E-state index contributed by atoms with van der Waals surface area (Å²) in [7, 11) is 0. The Morgan fingerprint density at radius 3 is 2.47 bits per heavy atom. The Kier molecular flexibility index (Phi) is 6.59. The second kappa shape index (κ2) is 9.19. The molecule has 0 amide bonds. The van der Waals surface area contributed by atoms with Gasteiger partial charge in [0.05, 0.1) is 6.61 Å². The molecule has 0 bridgehead atoms. The van der Waals surface area contributed by atoms with Crippen LogP contribution in [0.25, 0.3) is 0 Å². The van der Waals surface area contributed by atoms with Crippen LogP contribution in [0.5, 0.6) is 0 Å². The van der Waals surface area contributed by atoms with Gasteiger partial charge in [-0.3, -0.25) is 10.7 Å². The normalized spacial score (nSPS) is 18.3. The van der Waals surface area contributed by atoms with E-state index in [-0.39, 0.29) is 6.61 Å². The van der Waals surface area contributed by atoms with Crippen molar-refractivity contribution in [2.45, 2.75) is 65.0 Å². The van der Waals surface area contributed by atoms with Gasteiger partial charge >= 0.3 is 0 Å². The molecule has 162 valence electrons. The molecule has 2 aromatic carbocycles. The maximum Gasteiger partial charge on any atom is 0.0558 e. The molecule has 0 fully saturated rings. The maximum atomic E-state index is 9.41. The highest BCUT2D eigenvalue weighted by atomic mass is 16.3. The van der Waals surface area contributed by atoms with E-state index in [1.54, 1.807) is 0 Å². The lowest BCUT2D eigenvalue weighted by Gasteiger charge is -2.31. The van der Waals surface area contributed by atoms with Gasteiger partial charge in [-0.1, -0.05) is 51.1 Å². The zero-order valence-electron chi connectivity index (χ0n) is 18.8. The quantitative estimate of drug-likeness (QED) is 0.717. The number of hydrogen-bond donors (Lipinski definition) is 2. The summed E-state index contributed by atoms with van der Waals surface area (Å²) in [5.74, 6) is 7.02. The predicted octanol–water partition coefficient (Wildman–Crippen LogP) is 3.74. The van der Waals surface area contributed by atoms with Crippen LogP contribution in [0.4, 0.5) is 0 Å². The third kappa shape index (κ3) is 4.62. The second-order valence-electron chi connectivity index (χ2n) is 9.58. The van der Waals surface area contributed by atoms with Crippen molar-refractivity contribution in [3.63, 3.8) is 0 Å². The van der Waals surface area contributed by atoms with E-state index in [2.05, 4.69) is 56.0 Å². The molecule has 4 heteroatoms. The van der Waals surface area contributed by atoms with Gasteiger partial charge in [-0.15, -0.1) is 0 Å². The van der Waals surface area contributed by atoms with Crippen molar-refractivity contribution in [1.82, 2.24) is 9.91 Å². The largest absolute Gasteiger partial charge is 0.395 e. The van der Waals surface area contributed by atoms with Gasteiger partial charge in [0.25, 0.3) is 0 Å². The first kappa shape index (κ1) is 21.5. The van der Waals surface area contributed by atoms with Crippen molar-refractivity contribution < 1.29 is 5.11 Å². The minimum atomic E-state index is 0.237. The summed E-state index contributed by atoms with van der Waals surface area (Å²) in [5, 5.41) is 11.3. The Morgan fingerprint density at radius 1 is 0.933 bits per heavy atom. The number of hydrazine groups is 1. The van der Waals surface area contributed by atoms with Gasteiger partial charge in [-0.05, 0) is 70.0 Å². The highest BCUT2D eigenvalue weighted by molar-refractivity contribution is 5.43. The summed E-state index contributed by atoms with van der Waals surface area (Å²) in [5.41, 5.74) is 10.3. The number of aliphatic hydroxyl groups is 1.